The van der Waals surface area contributed by atoms with Crippen LogP contribution in [-0.2, 0) is 4.74 Å². The maximum Gasteiger partial charge on any atom is 0.522 e. The number of fused-ring (bicyclic) bond motifs is 1. The molecule has 0 aromatic carbocycles. The summed E-state index contributed by atoms with van der Waals surface area (Å²) in [6, 6.07) is 0. The minimum Gasteiger partial charge on any atom is -0.286 e. The van der Waals surface area contributed by atoms with Crippen LogP contribution in [0.1, 0.15) is 64.2 Å². The van der Waals surface area contributed by atoms with E-state index in [1.54, 1.807) is 0 Å². The van der Waals surface area contributed by atoms with Crippen LogP contribution in [0.2, 0.25) is 0 Å². The number of hydrogen-bond acceptors (Lipinski definition) is 1. The van der Waals surface area contributed by atoms with Gasteiger partial charge < -0.3 is 0 Å². The first-order valence-corrected chi connectivity index (χ1v) is 8.81. The molecule has 22 heavy (non-hydrogen) atoms. The zero-order valence-electron chi connectivity index (χ0n) is 13.0. The maximum atomic E-state index is 14.1. The molecule has 3 fully saturated rings. The number of ether oxygens (including phenoxy) is 1. The van der Waals surface area contributed by atoms with Crippen molar-refractivity contribution >= 4 is 0 Å². The quantitative estimate of drug-likeness (QED) is 0.598. The van der Waals surface area contributed by atoms with Crippen molar-refractivity contribution in [2.24, 2.45) is 23.7 Å². The van der Waals surface area contributed by atoms with Gasteiger partial charge in [-0.2, -0.15) is 0 Å². The zero-order valence-corrected chi connectivity index (χ0v) is 13.0. The molecule has 6 atom stereocenters. The Labute approximate surface area is 129 Å². The lowest BCUT2D eigenvalue weighted by molar-refractivity contribution is -0.352. The fourth-order valence-corrected chi connectivity index (χ4v) is 5.19. The standard InChI is InChI=1S/C17H26F4O/c18-15-10-14(7-8-16(15)22-17(19,20)21)13-6-5-11-3-1-2-4-12(11)9-13/h11-16H,1-10H2. The average Bonchev–Trinajstić information content (AvgIpc) is 2.47. The van der Waals surface area contributed by atoms with E-state index in [9.17, 15) is 17.6 Å². The molecule has 0 saturated heterocycles. The van der Waals surface area contributed by atoms with E-state index in [1.165, 1.54) is 38.5 Å². The lowest BCUT2D eigenvalue weighted by atomic mass is 9.63. The van der Waals surface area contributed by atoms with E-state index < -0.39 is 18.6 Å². The number of rotatable bonds is 2. The van der Waals surface area contributed by atoms with E-state index in [1.807, 2.05) is 0 Å². The average molecular weight is 322 g/mol. The van der Waals surface area contributed by atoms with Gasteiger partial charge >= 0.3 is 6.36 Å². The van der Waals surface area contributed by atoms with E-state index in [4.69, 9.17) is 0 Å². The first kappa shape index (κ1) is 16.5. The summed E-state index contributed by atoms with van der Waals surface area (Å²) in [4.78, 5) is 0. The highest BCUT2D eigenvalue weighted by Gasteiger charge is 2.43. The molecule has 6 unspecified atom stereocenters. The van der Waals surface area contributed by atoms with E-state index in [2.05, 4.69) is 4.74 Å². The van der Waals surface area contributed by atoms with Crippen molar-refractivity contribution < 1.29 is 22.3 Å². The molecular formula is C17H26F4O. The van der Waals surface area contributed by atoms with Crippen LogP contribution < -0.4 is 0 Å². The van der Waals surface area contributed by atoms with Gasteiger partial charge in [-0.1, -0.05) is 25.7 Å². The molecule has 3 saturated carbocycles. The summed E-state index contributed by atoms with van der Waals surface area (Å²) in [7, 11) is 0. The smallest absolute Gasteiger partial charge is 0.286 e. The van der Waals surface area contributed by atoms with Crippen molar-refractivity contribution in [3.8, 4) is 0 Å². The Balaban J connectivity index is 1.52. The fraction of sp³-hybridized carbons (Fsp3) is 1.00. The van der Waals surface area contributed by atoms with Gasteiger partial charge in [-0.05, 0) is 62.2 Å². The summed E-state index contributed by atoms with van der Waals surface area (Å²) < 4.78 is 54.8. The van der Waals surface area contributed by atoms with Gasteiger partial charge in [-0.25, -0.2) is 4.39 Å². The van der Waals surface area contributed by atoms with E-state index in [-0.39, 0.29) is 18.8 Å². The van der Waals surface area contributed by atoms with Crippen molar-refractivity contribution in [3.63, 3.8) is 0 Å². The molecule has 0 aromatic rings. The van der Waals surface area contributed by atoms with E-state index in [0.717, 1.165) is 18.3 Å². The van der Waals surface area contributed by atoms with Crippen molar-refractivity contribution in [1.82, 2.24) is 0 Å². The molecule has 5 heteroatoms. The molecule has 3 rings (SSSR count). The summed E-state index contributed by atoms with van der Waals surface area (Å²) in [6.45, 7) is 0. The largest absolute Gasteiger partial charge is 0.522 e. The van der Waals surface area contributed by atoms with Crippen LogP contribution in [0.5, 0.6) is 0 Å². The molecule has 0 heterocycles. The molecule has 0 radical (unpaired) electrons. The highest BCUT2D eigenvalue weighted by atomic mass is 19.4. The third kappa shape index (κ3) is 3.95. The van der Waals surface area contributed by atoms with Crippen LogP contribution in [0.15, 0.2) is 0 Å². The molecule has 0 amide bonds. The van der Waals surface area contributed by atoms with Crippen LogP contribution in [0.4, 0.5) is 17.6 Å². The summed E-state index contributed by atoms with van der Waals surface area (Å²) in [6.07, 6.45) is 2.52. The second-order valence-corrected chi connectivity index (χ2v) is 7.57. The predicted octanol–water partition coefficient (Wildman–Crippen LogP) is 5.64. The third-order valence-electron chi connectivity index (χ3n) is 6.29. The first-order valence-electron chi connectivity index (χ1n) is 8.81. The van der Waals surface area contributed by atoms with Crippen LogP contribution in [0, 0.1) is 23.7 Å². The number of halogens is 4. The normalized spacial score (nSPS) is 43.6. The van der Waals surface area contributed by atoms with E-state index >= 15 is 0 Å². The maximum absolute atomic E-state index is 14.1. The van der Waals surface area contributed by atoms with Crippen molar-refractivity contribution in [2.45, 2.75) is 82.8 Å². The van der Waals surface area contributed by atoms with Gasteiger partial charge in [0, 0.05) is 0 Å². The Bertz CT molecular complexity index is 370. The number of hydrogen-bond donors (Lipinski definition) is 0. The predicted molar refractivity (Wildman–Crippen MR) is 76.0 cm³/mol. The minimum atomic E-state index is -4.72. The second kappa shape index (κ2) is 6.66. The molecule has 3 aliphatic rings. The zero-order chi connectivity index (χ0) is 15.7. The molecule has 128 valence electrons. The Morgan fingerprint density at radius 2 is 1.23 bits per heavy atom. The molecule has 0 bridgehead atoms. The van der Waals surface area contributed by atoms with Crippen molar-refractivity contribution in [2.75, 3.05) is 0 Å². The first-order chi connectivity index (χ1) is 10.4. The molecule has 0 N–H and O–H groups in total. The Morgan fingerprint density at radius 3 is 1.91 bits per heavy atom. The topological polar surface area (TPSA) is 9.23 Å². The minimum absolute atomic E-state index is 0.204. The summed E-state index contributed by atoms with van der Waals surface area (Å²) in [5, 5.41) is 0. The fourth-order valence-electron chi connectivity index (χ4n) is 5.19. The van der Waals surface area contributed by atoms with Gasteiger partial charge in [0.25, 0.3) is 0 Å². The Hall–Kier alpha value is -0.320. The Morgan fingerprint density at radius 1 is 0.682 bits per heavy atom. The van der Waals surface area contributed by atoms with Crippen LogP contribution in [0.3, 0.4) is 0 Å². The number of alkyl halides is 4. The lowest BCUT2D eigenvalue weighted by Gasteiger charge is -2.44. The van der Waals surface area contributed by atoms with Gasteiger partial charge in [-0.3, -0.25) is 4.74 Å². The summed E-state index contributed by atoms with van der Waals surface area (Å²) >= 11 is 0. The second-order valence-electron chi connectivity index (χ2n) is 7.57. The lowest BCUT2D eigenvalue weighted by Crippen LogP contribution is -2.40. The van der Waals surface area contributed by atoms with Gasteiger partial charge in [0.1, 0.15) is 6.17 Å². The Kier molecular flexibility index (Phi) is 5.01. The summed E-state index contributed by atoms with van der Waals surface area (Å²) in [5.41, 5.74) is 0. The molecular weight excluding hydrogens is 296 g/mol. The van der Waals surface area contributed by atoms with Gasteiger partial charge in [0.15, 0.2) is 0 Å². The third-order valence-corrected chi connectivity index (χ3v) is 6.29. The van der Waals surface area contributed by atoms with Crippen molar-refractivity contribution in [3.05, 3.63) is 0 Å². The van der Waals surface area contributed by atoms with Gasteiger partial charge in [0.05, 0.1) is 6.10 Å². The monoisotopic (exact) mass is 322 g/mol. The molecule has 0 aliphatic heterocycles. The highest BCUT2D eigenvalue weighted by Crippen LogP contribution is 2.48. The van der Waals surface area contributed by atoms with Gasteiger partial charge in [-0.15, -0.1) is 13.2 Å². The molecule has 0 aromatic heterocycles. The SMILES string of the molecule is FC1CC(C2CCC3CCCCC3C2)CCC1OC(F)(F)F. The van der Waals surface area contributed by atoms with Crippen LogP contribution in [0.25, 0.3) is 0 Å². The van der Waals surface area contributed by atoms with Crippen LogP contribution >= 0.6 is 0 Å². The van der Waals surface area contributed by atoms with Crippen LogP contribution in [-0.4, -0.2) is 18.6 Å². The van der Waals surface area contributed by atoms with Gasteiger partial charge in [0.2, 0.25) is 0 Å². The molecule has 1 nitrogen and oxygen atoms in total. The molecule has 3 aliphatic carbocycles. The highest BCUT2D eigenvalue weighted by molar-refractivity contribution is 4.90. The molecule has 0 spiro atoms. The summed E-state index contributed by atoms with van der Waals surface area (Å²) in [5.74, 6) is 2.42. The van der Waals surface area contributed by atoms with Crippen molar-refractivity contribution in [1.29, 1.82) is 0 Å². The van der Waals surface area contributed by atoms with E-state index in [0.29, 0.717) is 12.3 Å².